The molecular weight excluding hydrogens is 497 g/mol. The lowest BCUT2D eigenvalue weighted by atomic mass is 10.1. The van der Waals surface area contributed by atoms with Gasteiger partial charge < -0.3 is 27.9 Å². The number of quaternary nitrogens is 1. The standard InChI is InChI=1S/C31H64NO5P/c1-9-11-12-13-14-15-16-17-18-19-20-21-22-23-24-25-26-35-27-29(37-31(3,4)5)28-36-38(33,34)30(10-2)32(6,7)8/h17-18,29-30H,9-16,19-28H2,1-8H3/b18-17-/t29-,30?/m1/s1. The van der Waals surface area contributed by atoms with E-state index in [0.717, 1.165) is 12.8 Å². The van der Waals surface area contributed by atoms with E-state index < -0.39 is 25.1 Å². The van der Waals surface area contributed by atoms with Crippen LogP contribution in [0.15, 0.2) is 12.2 Å². The van der Waals surface area contributed by atoms with Crippen LogP contribution in [0.2, 0.25) is 0 Å². The summed E-state index contributed by atoms with van der Waals surface area (Å²) in [5, 5.41) is 0. The van der Waals surface area contributed by atoms with Gasteiger partial charge in [0.2, 0.25) is 0 Å². The molecule has 0 aliphatic heterocycles. The maximum Gasteiger partial charge on any atom is 0.193 e. The molecule has 3 atom stereocenters. The van der Waals surface area contributed by atoms with Crippen molar-refractivity contribution in [1.29, 1.82) is 0 Å². The smallest absolute Gasteiger partial charge is 0.193 e. The van der Waals surface area contributed by atoms with E-state index in [1.165, 1.54) is 77.0 Å². The van der Waals surface area contributed by atoms with E-state index in [1.54, 1.807) is 0 Å². The second kappa shape index (κ2) is 21.5. The molecule has 0 aliphatic carbocycles. The highest BCUT2D eigenvalue weighted by Crippen LogP contribution is 2.47. The average Bonchev–Trinajstić information content (AvgIpc) is 2.80. The summed E-state index contributed by atoms with van der Waals surface area (Å²) in [5.74, 6) is -0.583. The average molecular weight is 562 g/mol. The summed E-state index contributed by atoms with van der Waals surface area (Å²) in [7, 11) is 1.60. The van der Waals surface area contributed by atoms with E-state index in [0.29, 0.717) is 24.1 Å². The largest absolute Gasteiger partial charge is 0.774 e. The molecule has 0 N–H and O–H groups in total. The Morgan fingerprint density at radius 2 is 1.29 bits per heavy atom. The molecule has 6 nitrogen and oxygen atoms in total. The number of unbranched alkanes of at least 4 members (excludes halogenated alkanes) is 12. The molecule has 0 fully saturated rings. The fourth-order valence-corrected chi connectivity index (χ4v) is 6.59. The third kappa shape index (κ3) is 21.6. The van der Waals surface area contributed by atoms with Gasteiger partial charge in [0.05, 0.1) is 40.0 Å². The summed E-state index contributed by atoms with van der Waals surface area (Å²) >= 11 is 0. The molecule has 0 aromatic heterocycles. The maximum atomic E-state index is 12.8. The Kier molecular flexibility index (Phi) is 21.4. The Bertz CT molecular complexity index is 627. The van der Waals surface area contributed by atoms with Gasteiger partial charge in [0.1, 0.15) is 6.10 Å². The van der Waals surface area contributed by atoms with Crippen LogP contribution in [0.1, 0.15) is 131 Å². The molecule has 0 heterocycles. The highest BCUT2D eigenvalue weighted by Gasteiger charge is 2.34. The predicted octanol–water partition coefficient (Wildman–Crippen LogP) is 8.24. The normalized spacial score (nSPS) is 16.1. The summed E-state index contributed by atoms with van der Waals surface area (Å²) in [6, 6.07) is 0. The predicted molar refractivity (Wildman–Crippen MR) is 161 cm³/mol. The Morgan fingerprint density at radius 1 is 0.789 bits per heavy atom. The zero-order chi connectivity index (χ0) is 28.9. The molecular formula is C31H64NO5P. The summed E-state index contributed by atoms with van der Waals surface area (Å²) in [5.41, 5.74) is -0.405. The number of hydrogen-bond donors (Lipinski definition) is 0. The minimum atomic E-state index is -4.04. The van der Waals surface area contributed by atoms with Crippen LogP contribution in [0.4, 0.5) is 0 Å². The van der Waals surface area contributed by atoms with Crippen LogP contribution < -0.4 is 4.89 Å². The molecule has 0 amide bonds. The third-order valence-corrected chi connectivity index (χ3v) is 8.99. The third-order valence-electron chi connectivity index (χ3n) is 6.69. The summed E-state index contributed by atoms with van der Waals surface area (Å²) in [6.45, 7) is 11.0. The van der Waals surface area contributed by atoms with E-state index in [2.05, 4.69) is 19.1 Å². The number of hydrogen-bond acceptors (Lipinski definition) is 5. The zero-order valence-corrected chi connectivity index (χ0v) is 27.4. The molecule has 2 unspecified atom stereocenters. The first-order valence-electron chi connectivity index (χ1n) is 15.5. The number of nitrogens with zero attached hydrogens (tertiary/aromatic N) is 1. The zero-order valence-electron chi connectivity index (χ0n) is 26.5. The van der Waals surface area contributed by atoms with E-state index >= 15 is 0 Å². The molecule has 0 radical (unpaired) electrons. The minimum Gasteiger partial charge on any atom is -0.774 e. The molecule has 0 rings (SSSR count). The second-order valence-electron chi connectivity index (χ2n) is 12.7. The first-order valence-corrected chi connectivity index (χ1v) is 17.1. The van der Waals surface area contributed by atoms with Gasteiger partial charge >= 0.3 is 0 Å². The number of ether oxygens (including phenoxy) is 2. The first kappa shape index (κ1) is 37.8. The van der Waals surface area contributed by atoms with Crippen molar-refractivity contribution in [2.75, 3.05) is 41.0 Å². The van der Waals surface area contributed by atoms with Gasteiger partial charge in [-0.05, 0) is 52.9 Å². The minimum absolute atomic E-state index is 0.0120. The molecule has 228 valence electrons. The number of rotatable bonds is 25. The van der Waals surface area contributed by atoms with Crippen molar-refractivity contribution >= 4 is 7.60 Å². The molecule has 0 aromatic carbocycles. The van der Waals surface area contributed by atoms with Gasteiger partial charge in [0.15, 0.2) is 13.4 Å². The van der Waals surface area contributed by atoms with Crippen LogP contribution in [-0.2, 0) is 18.6 Å². The van der Waals surface area contributed by atoms with Crippen molar-refractivity contribution in [2.24, 2.45) is 0 Å². The van der Waals surface area contributed by atoms with Gasteiger partial charge in [-0.3, -0.25) is 0 Å². The van der Waals surface area contributed by atoms with Gasteiger partial charge in [-0.1, -0.05) is 83.8 Å². The lowest BCUT2D eigenvalue weighted by Gasteiger charge is -2.41. The fourth-order valence-electron chi connectivity index (χ4n) is 4.75. The van der Waals surface area contributed by atoms with Crippen LogP contribution in [0.5, 0.6) is 0 Å². The van der Waals surface area contributed by atoms with Crippen molar-refractivity contribution in [2.45, 2.75) is 148 Å². The van der Waals surface area contributed by atoms with Gasteiger partial charge in [0, 0.05) is 13.0 Å². The molecule has 0 saturated carbocycles. The lowest BCUT2D eigenvalue weighted by Crippen LogP contribution is -2.47. The lowest BCUT2D eigenvalue weighted by molar-refractivity contribution is -0.884. The van der Waals surface area contributed by atoms with Crippen molar-refractivity contribution in [3.63, 3.8) is 0 Å². The molecule has 38 heavy (non-hydrogen) atoms. The van der Waals surface area contributed by atoms with Crippen molar-refractivity contribution < 1.29 is 27.9 Å². The molecule has 0 saturated heterocycles. The van der Waals surface area contributed by atoms with E-state index in [9.17, 15) is 9.46 Å². The van der Waals surface area contributed by atoms with Crippen molar-refractivity contribution in [3.05, 3.63) is 12.2 Å². The molecule has 0 bridgehead atoms. The Hall–Kier alpha value is -0.230. The van der Waals surface area contributed by atoms with Gasteiger partial charge in [-0.25, -0.2) is 0 Å². The van der Waals surface area contributed by atoms with Crippen molar-refractivity contribution in [3.8, 4) is 0 Å². The highest BCUT2D eigenvalue weighted by atomic mass is 31.2. The Balaban J connectivity index is 4.02. The monoisotopic (exact) mass is 561 g/mol. The van der Waals surface area contributed by atoms with Crippen LogP contribution in [0.3, 0.4) is 0 Å². The van der Waals surface area contributed by atoms with Crippen molar-refractivity contribution in [1.82, 2.24) is 0 Å². The SMILES string of the molecule is CCCCCCCC/C=C\CCCCCCCCOC[C@H](COP(=O)([O-])C(CC)[N+](C)(C)C)OC(C)(C)C. The Labute approximate surface area is 237 Å². The molecule has 0 spiro atoms. The van der Waals surface area contributed by atoms with Crippen LogP contribution in [-0.4, -0.2) is 62.9 Å². The second-order valence-corrected chi connectivity index (χ2v) is 14.6. The summed E-state index contributed by atoms with van der Waals surface area (Å²) < 4.78 is 30.5. The van der Waals surface area contributed by atoms with Gasteiger partial charge in [-0.15, -0.1) is 0 Å². The quantitative estimate of drug-likeness (QED) is 0.0486. The van der Waals surface area contributed by atoms with E-state index in [1.807, 2.05) is 48.8 Å². The van der Waals surface area contributed by atoms with Crippen LogP contribution in [0.25, 0.3) is 0 Å². The molecule has 7 heteroatoms. The van der Waals surface area contributed by atoms with Gasteiger partial charge in [0.25, 0.3) is 0 Å². The Morgan fingerprint density at radius 3 is 1.76 bits per heavy atom. The summed E-state index contributed by atoms with van der Waals surface area (Å²) in [6.07, 6.45) is 22.8. The number of allylic oxidation sites excluding steroid dienone is 2. The summed E-state index contributed by atoms with van der Waals surface area (Å²) in [4.78, 5) is 12.8. The highest BCUT2D eigenvalue weighted by molar-refractivity contribution is 7.51. The van der Waals surface area contributed by atoms with E-state index in [4.69, 9.17) is 14.0 Å². The van der Waals surface area contributed by atoms with Crippen LogP contribution >= 0.6 is 7.60 Å². The fraction of sp³-hybridized carbons (Fsp3) is 0.935. The maximum absolute atomic E-state index is 12.8. The molecule has 0 aliphatic rings. The first-order chi connectivity index (χ1) is 17.8. The van der Waals surface area contributed by atoms with Crippen LogP contribution in [0, 0.1) is 0 Å². The topological polar surface area (TPSA) is 67.8 Å². The molecule has 0 aromatic rings. The van der Waals surface area contributed by atoms with Gasteiger partial charge in [-0.2, -0.15) is 0 Å². The van der Waals surface area contributed by atoms with E-state index in [-0.39, 0.29) is 6.61 Å².